The molecule has 0 bridgehead atoms. The van der Waals surface area contributed by atoms with Gasteiger partial charge in [0, 0.05) is 17.3 Å². The zero-order valence-electron chi connectivity index (χ0n) is 11.1. The number of aromatic nitrogens is 2. The number of carbonyl (C=O) groups is 1. The van der Waals surface area contributed by atoms with E-state index in [1.807, 2.05) is 18.2 Å². The number of fused-ring (bicyclic) bond motifs is 1. The lowest BCUT2D eigenvalue weighted by Gasteiger charge is -2.08. The van der Waals surface area contributed by atoms with Crippen molar-refractivity contribution in [1.82, 2.24) is 15.3 Å². The summed E-state index contributed by atoms with van der Waals surface area (Å²) in [4.78, 5) is 19.0. The largest absolute Gasteiger partial charge is 0.345 e. The van der Waals surface area contributed by atoms with Crippen LogP contribution in [-0.2, 0) is 6.54 Å². The zero-order valence-corrected chi connectivity index (χ0v) is 11.8. The van der Waals surface area contributed by atoms with Crippen LogP contribution in [0, 0.1) is 0 Å². The fourth-order valence-electron chi connectivity index (χ4n) is 1.98. The van der Waals surface area contributed by atoms with E-state index in [1.54, 1.807) is 30.6 Å². The van der Waals surface area contributed by atoms with E-state index in [0.717, 1.165) is 16.6 Å². The quantitative estimate of drug-likeness (QED) is 0.692. The highest BCUT2D eigenvalue weighted by molar-refractivity contribution is 6.30. The van der Waals surface area contributed by atoms with Gasteiger partial charge in [0.25, 0.3) is 0 Å². The van der Waals surface area contributed by atoms with E-state index in [4.69, 9.17) is 11.6 Å². The highest BCUT2D eigenvalue weighted by Gasteiger charge is 2.03. The van der Waals surface area contributed by atoms with Crippen LogP contribution in [0.5, 0.6) is 0 Å². The highest BCUT2D eigenvalue weighted by Crippen LogP contribution is 2.14. The van der Waals surface area contributed by atoms with Gasteiger partial charge in [0.2, 0.25) is 0 Å². The number of rotatable bonds is 3. The molecule has 0 atom stereocenters. The van der Waals surface area contributed by atoms with Gasteiger partial charge in [-0.3, -0.25) is 0 Å². The second kappa shape index (κ2) is 5.85. The van der Waals surface area contributed by atoms with Crippen LogP contribution in [0.3, 0.4) is 0 Å². The van der Waals surface area contributed by atoms with Gasteiger partial charge in [-0.25, -0.2) is 9.78 Å². The molecular formula is C15H13ClN4O. The Balaban J connectivity index is 1.58. The molecule has 0 radical (unpaired) electrons. The summed E-state index contributed by atoms with van der Waals surface area (Å²) < 4.78 is 0. The number of nitrogens with one attached hydrogen (secondary N) is 3. The van der Waals surface area contributed by atoms with Crippen LogP contribution in [-0.4, -0.2) is 16.0 Å². The minimum Gasteiger partial charge on any atom is -0.345 e. The third-order valence-corrected chi connectivity index (χ3v) is 3.29. The zero-order chi connectivity index (χ0) is 14.7. The van der Waals surface area contributed by atoms with E-state index >= 15 is 0 Å². The van der Waals surface area contributed by atoms with Crippen LogP contribution >= 0.6 is 11.6 Å². The van der Waals surface area contributed by atoms with Crippen molar-refractivity contribution in [2.24, 2.45) is 0 Å². The lowest BCUT2D eigenvalue weighted by molar-refractivity contribution is 0.251. The summed E-state index contributed by atoms with van der Waals surface area (Å²) in [6.45, 7) is 0.439. The van der Waals surface area contributed by atoms with E-state index in [1.165, 1.54) is 0 Å². The molecule has 0 aliphatic carbocycles. The molecule has 0 fully saturated rings. The lowest BCUT2D eigenvalue weighted by Crippen LogP contribution is -2.28. The first-order valence-corrected chi connectivity index (χ1v) is 6.81. The summed E-state index contributed by atoms with van der Waals surface area (Å²) >= 11 is 5.79. The van der Waals surface area contributed by atoms with Gasteiger partial charge in [0.15, 0.2) is 0 Å². The van der Waals surface area contributed by atoms with Crippen LogP contribution in [0.1, 0.15) is 5.56 Å². The second-order valence-electron chi connectivity index (χ2n) is 4.57. The standard InChI is InChI=1S/C15H13ClN4O/c16-11-2-4-12(5-3-11)20-15(21)17-8-10-1-6-13-14(7-10)19-9-18-13/h1-7,9H,8H2,(H,18,19)(H2,17,20,21). The normalized spacial score (nSPS) is 10.5. The van der Waals surface area contributed by atoms with Crippen molar-refractivity contribution in [3.8, 4) is 0 Å². The first-order valence-electron chi connectivity index (χ1n) is 6.43. The number of H-pyrrole nitrogens is 1. The van der Waals surface area contributed by atoms with Crippen LogP contribution in [0.15, 0.2) is 48.8 Å². The average Bonchev–Trinajstić information content (AvgIpc) is 2.95. The minimum absolute atomic E-state index is 0.262. The molecule has 3 aromatic rings. The van der Waals surface area contributed by atoms with Gasteiger partial charge >= 0.3 is 6.03 Å². The number of carbonyl (C=O) groups excluding carboxylic acids is 1. The summed E-state index contributed by atoms with van der Waals surface area (Å²) in [5.41, 5.74) is 3.55. The Labute approximate surface area is 126 Å². The molecule has 0 saturated carbocycles. The number of aromatic amines is 1. The average molecular weight is 301 g/mol. The molecule has 6 heteroatoms. The van der Waals surface area contributed by atoms with Crippen molar-refractivity contribution in [2.75, 3.05) is 5.32 Å². The van der Waals surface area contributed by atoms with Crippen molar-refractivity contribution in [2.45, 2.75) is 6.54 Å². The van der Waals surface area contributed by atoms with E-state index in [-0.39, 0.29) is 6.03 Å². The number of benzene rings is 2. The van der Waals surface area contributed by atoms with Crippen LogP contribution in [0.25, 0.3) is 11.0 Å². The molecule has 0 spiro atoms. The SMILES string of the molecule is O=C(NCc1ccc2nc[nH]c2c1)Nc1ccc(Cl)cc1. The van der Waals surface area contributed by atoms with Crippen molar-refractivity contribution >= 4 is 34.4 Å². The molecule has 3 N–H and O–H groups in total. The second-order valence-corrected chi connectivity index (χ2v) is 5.01. The van der Waals surface area contributed by atoms with Gasteiger partial charge in [0.1, 0.15) is 0 Å². The maximum absolute atomic E-state index is 11.8. The third kappa shape index (κ3) is 3.32. The Kier molecular flexibility index (Phi) is 3.75. The summed E-state index contributed by atoms with van der Waals surface area (Å²) in [7, 11) is 0. The Hall–Kier alpha value is -2.53. The molecule has 0 unspecified atom stereocenters. The van der Waals surface area contributed by atoms with Gasteiger partial charge in [-0.05, 0) is 42.0 Å². The van der Waals surface area contributed by atoms with E-state index in [2.05, 4.69) is 20.6 Å². The van der Waals surface area contributed by atoms with Gasteiger partial charge in [-0.2, -0.15) is 0 Å². The molecular weight excluding hydrogens is 288 g/mol. The maximum atomic E-state index is 11.8. The summed E-state index contributed by atoms with van der Waals surface area (Å²) in [6.07, 6.45) is 1.65. The molecule has 1 aromatic heterocycles. The van der Waals surface area contributed by atoms with E-state index in [9.17, 15) is 4.79 Å². The fourth-order valence-corrected chi connectivity index (χ4v) is 2.11. The number of amides is 2. The topological polar surface area (TPSA) is 69.8 Å². The lowest BCUT2D eigenvalue weighted by atomic mass is 10.2. The number of urea groups is 1. The summed E-state index contributed by atoms with van der Waals surface area (Å²) in [6, 6.07) is 12.5. The van der Waals surface area contributed by atoms with Crippen LogP contribution in [0.4, 0.5) is 10.5 Å². The number of anilines is 1. The van der Waals surface area contributed by atoms with Crippen molar-refractivity contribution in [1.29, 1.82) is 0 Å². The van der Waals surface area contributed by atoms with Crippen LogP contribution < -0.4 is 10.6 Å². The molecule has 5 nitrogen and oxygen atoms in total. The van der Waals surface area contributed by atoms with Gasteiger partial charge in [0.05, 0.1) is 17.4 Å². The molecule has 3 rings (SSSR count). The fraction of sp³-hybridized carbons (Fsp3) is 0.0667. The monoisotopic (exact) mass is 300 g/mol. The third-order valence-electron chi connectivity index (χ3n) is 3.04. The Morgan fingerprint density at radius 1 is 1.19 bits per heavy atom. The number of imidazole rings is 1. The first kappa shape index (κ1) is 13.5. The Bertz CT molecular complexity index is 767. The predicted molar refractivity (Wildman–Crippen MR) is 83.4 cm³/mol. The van der Waals surface area contributed by atoms with Crippen molar-refractivity contribution < 1.29 is 4.79 Å². The predicted octanol–water partition coefficient (Wildman–Crippen LogP) is 3.54. The summed E-state index contributed by atoms with van der Waals surface area (Å²) in [5, 5.41) is 6.18. The van der Waals surface area contributed by atoms with Gasteiger partial charge in [-0.15, -0.1) is 0 Å². The van der Waals surface area contributed by atoms with E-state index < -0.39 is 0 Å². The molecule has 0 aliphatic heterocycles. The van der Waals surface area contributed by atoms with Gasteiger partial charge in [-0.1, -0.05) is 17.7 Å². The Morgan fingerprint density at radius 2 is 2.00 bits per heavy atom. The van der Waals surface area contributed by atoms with Crippen molar-refractivity contribution in [3.63, 3.8) is 0 Å². The maximum Gasteiger partial charge on any atom is 0.319 e. The number of nitrogens with zero attached hydrogens (tertiary/aromatic N) is 1. The molecule has 21 heavy (non-hydrogen) atoms. The number of hydrogen-bond acceptors (Lipinski definition) is 2. The number of hydrogen-bond donors (Lipinski definition) is 3. The van der Waals surface area contributed by atoms with Crippen LogP contribution in [0.2, 0.25) is 5.02 Å². The molecule has 2 amide bonds. The van der Waals surface area contributed by atoms with Crippen molar-refractivity contribution in [3.05, 3.63) is 59.4 Å². The molecule has 2 aromatic carbocycles. The smallest absolute Gasteiger partial charge is 0.319 e. The highest BCUT2D eigenvalue weighted by atomic mass is 35.5. The number of halogens is 1. The Morgan fingerprint density at radius 3 is 2.81 bits per heavy atom. The molecule has 0 aliphatic rings. The molecule has 0 saturated heterocycles. The first-order chi connectivity index (χ1) is 10.2. The molecule has 1 heterocycles. The van der Waals surface area contributed by atoms with Gasteiger partial charge < -0.3 is 15.6 Å². The summed E-state index contributed by atoms with van der Waals surface area (Å²) in [5.74, 6) is 0. The molecule has 106 valence electrons. The van der Waals surface area contributed by atoms with E-state index in [0.29, 0.717) is 17.3 Å². The minimum atomic E-state index is -0.262.